The first-order valence-corrected chi connectivity index (χ1v) is 4.03. The van der Waals surface area contributed by atoms with Crippen molar-refractivity contribution >= 4 is 17.5 Å². The Morgan fingerprint density at radius 1 is 1.57 bits per heavy atom. The summed E-state index contributed by atoms with van der Waals surface area (Å²) in [6.07, 6.45) is 1.63. The van der Waals surface area contributed by atoms with Crippen LogP contribution >= 0.6 is 0 Å². The molecule has 14 heavy (non-hydrogen) atoms. The number of rotatable bonds is 3. The SMILES string of the molecule is COC(=O)/C(C)=N/Nc1ccccn1. The summed E-state index contributed by atoms with van der Waals surface area (Å²) in [4.78, 5) is 14.9. The predicted octanol–water partition coefficient (Wildman–Crippen LogP) is 1.04. The van der Waals surface area contributed by atoms with Gasteiger partial charge in [-0.2, -0.15) is 5.10 Å². The Kier molecular flexibility index (Phi) is 3.60. The zero-order chi connectivity index (χ0) is 10.4. The summed E-state index contributed by atoms with van der Waals surface area (Å²) in [6, 6.07) is 5.36. The lowest BCUT2D eigenvalue weighted by molar-refractivity contribution is -0.132. The highest BCUT2D eigenvalue weighted by Gasteiger charge is 2.03. The smallest absolute Gasteiger partial charge is 0.353 e. The van der Waals surface area contributed by atoms with Gasteiger partial charge in [-0.3, -0.25) is 5.43 Å². The highest BCUT2D eigenvalue weighted by molar-refractivity contribution is 6.35. The minimum atomic E-state index is -0.464. The van der Waals surface area contributed by atoms with Crippen molar-refractivity contribution < 1.29 is 9.53 Å². The first kappa shape index (κ1) is 10.2. The molecule has 0 unspecified atom stereocenters. The largest absolute Gasteiger partial charge is 0.464 e. The summed E-state index contributed by atoms with van der Waals surface area (Å²) in [5, 5.41) is 3.79. The molecule has 0 saturated heterocycles. The van der Waals surface area contributed by atoms with Gasteiger partial charge < -0.3 is 4.74 Å². The normalized spacial score (nSPS) is 10.9. The Bertz CT molecular complexity index is 335. The molecule has 0 aliphatic rings. The molecule has 5 heteroatoms. The molecule has 0 radical (unpaired) electrons. The first-order valence-electron chi connectivity index (χ1n) is 4.03. The number of aromatic nitrogens is 1. The zero-order valence-electron chi connectivity index (χ0n) is 8.02. The standard InChI is InChI=1S/C9H11N3O2/c1-7(9(13)14-2)11-12-8-5-3-4-6-10-8/h3-6H,1-2H3,(H,10,12)/b11-7+. The van der Waals surface area contributed by atoms with Crippen LogP contribution in [0.15, 0.2) is 29.5 Å². The van der Waals surface area contributed by atoms with Crippen molar-refractivity contribution in [2.45, 2.75) is 6.92 Å². The van der Waals surface area contributed by atoms with E-state index in [-0.39, 0.29) is 5.71 Å². The average molecular weight is 193 g/mol. The van der Waals surface area contributed by atoms with Crippen molar-refractivity contribution in [2.75, 3.05) is 12.5 Å². The van der Waals surface area contributed by atoms with Crippen LogP contribution in [-0.2, 0) is 9.53 Å². The Balaban J connectivity index is 2.59. The summed E-state index contributed by atoms with van der Waals surface area (Å²) in [5.74, 6) is 0.115. The Morgan fingerprint density at radius 2 is 2.36 bits per heavy atom. The molecule has 1 aromatic rings. The molecule has 1 rings (SSSR count). The summed E-state index contributed by atoms with van der Waals surface area (Å²) in [7, 11) is 1.31. The Hall–Kier alpha value is -1.91. The lowest BCUT2D eigenvalue weighted by Crippen LogP contribution is -2.13. The molecule has 1 heterocycles. The highest BCUT2D eigenvalue weighted by atomic mass is 16.5. The molecule has 1 aromatic heterocycles. The maximum absolute atomic E-state index is 10.9. The van der Waals surface area contributed by atoms with Crippen LogP contribution in [0.1, 0.15) is 6.92 Å². The van der Waals surface area contributed by atoms with E-state index in [2.05, 4.69) is 20.2 Å². The molecular formula is C9H11N3O2. The van der Waals surface area contributed by atoms with E-state index >= 15 is 0 Å². The summed E-state index contributed by atoms with van der Waals surface area (Å²) in [5.41, 5.74) is 2.88. The molecule has 74 valence electrons. The van der Waals surface area contributed by atoms with Crippen LogP contribution in [0.2, 0.25) is 0 Å². The summed E-state index contributed by atoms with van der Waals surface area (Å²) >= 11 is 0. The number of nitrogens with zero attached hydrogens (tertiary/aromatic N) is 2. The number of ether oxygens (including phenoxy) is 1. The molecule has 0 aliphatic carbocycles. The van der Waals surface area contributed by atoms with Gasteiger partial charge in [0.05, 0.1) is 7.11 Å². The van der Waals surface area contributed by atoms with E-state index < -0.39 is 5.97 Å². The molecule has 0 fully saturated rings. The summed E-state index contributed by atoms with van der Waals surface area (Å²) < 4.78 is 4.47. The van der Waals surface area contributed by atoms with Gasteiger partial charge in [0.25, 0.3) is 0 Å². The second-order valence-corrected chi connectivity index (χ2v) is 2.52. The van der Waals surface area contributed by atoms with Gasteiger partial charge in [0, 0.05) is 6.20 Å². The molecule has 0 spiro atoms. The topological polar surface area (TPSA) is 63.6 Å². The Labute approximate surface area is 81.8 Å². The third-order valence-electron chi connectivity index (χ3n) is 1.48. The quantitative estimate of drug-likeness (QED) is 0.442. The molecule has 0 bridgehead atoms. The number of esters is 1. The number of hydrazone groups is 1. The van der Waals surface area contributed by atoms with Crippen LogP contribution in [0.25, 0.3) is 0 Å². The van der Waals surface area contributed by atoms with Crippen molar-refractivity contribution in [1.82, 2.24) is 4.98 Å². The molecule has 0 saturated carbocycles. The number of methoxy groups -OCH3 is 1. The van der Waals surface area contributed by atoms with E-state index in [1.54, 1.807) is 25.3 Å². The first-order chi connectivity index (χ1) is 6.74. The minimum Gasteiger partial charge on any atom is -0.464 e. The molecule has 0 aliphatic heterocycles. The van der Waals surface area contributed by atoms with Gasteiger partial charge in [-0.15, -0.1) is 0 Å². The van der Waals surface area contributed by atoms with Gasteiger partial charge in [-0.05, 0) is 19.1 Å². The van der Waals surface area contributed by atoms with E-state index in [0.29, 0.717) is 5.82 Å². The van der Waals surface area contributed by atoms with Gasteiger partial charge in [0.15, 0.2) is 0 Å². The van der Waals surface area contributed by atoms with E-state index in [1.807, 2.05) is 6.07 Å². The van der Waals surface area contributed by atoms with Gasteiger partial charge in [-0.25, -0.2) is 9.78 Å². The van der Waals surface area contributed by atoms with Crippen LogP contribution in [0.3, 0.4) is 0 Å². The third kappa shape index (κ3) is 2.85. The van der Waals surface area contributed by atoms with Gasteiger partial charge in [0.1, 0.15) is 11.5 Å². The number of carbonyl (C=O) groups is 1. The van der Waals surface area contributed by atoms with Crippen LogP contribution < -0.4 is 5.43 Å². The zero-order valence-corrected chi connectivity index (χ0v) is 8.02. The minimum absolute atomic E-state index is 0.248. The van der Waals surface area contributed by atoms with E-state index in [9.17, 15) is 4.79 Å². The molecule has 1 N–H and O–H groups in total. The van der Waals surface area contributed by atoms with Crippen LogP contribution in [-0.4, -0.2) is 23.8 Å². The van der Waals surface area contributed by atoms with Crippen molar-refractivity contribution in [3.8, 4) is 0 Å². The van der Waals surface area contributed by atoms with Crippen LogP contribution in [0, 0.1) is 0 Å². The fourth-order valence-corrected chi connectivity index (χ4v) is 0.763. The van der Waals surface area contributed by atoms with Crippen LogP contribution in [0.4, 0.5) is 5.82 Å². The monoisotopic (exact) mass is 193 g/mol. The van der Waals surface area contributed by atoms with Crippen molar-refractivity contribution in [3.05, 3.63) is 24.4 Å². The fourth-order valence-electron chi connectivity index (χ4n) is 0.763. The van der Waals surface area contributed by atoms with E-state index in [0.717, 1.165) is 0 Å². The molecular weight excluding hydrogens is 182 g/mol. The summed E-state index contributed by atoms with van der Waals surface area (Å²) in [6.45, 7) is 1.56. The van der Waals surface area contributed by atoms with Gasteiger partial charge in [-0.1, -0.05) is 6.07 Å². The van der Waals surface area contributed by atoms with Gasteiger partial charge in [0.2, 0.25) is 0 Å². The second kappa shape index (κ2) is 4.96. The van der Waals surface area contributed by atoms with Crippen molar-refractivity contribution in [2.24, 2.45) is 5.10 Å². The average Bonchev–Trinajstić information content (AvgIpc) is 2.26. The number of hydrogen-bond donors (Lipinski definition) is 1. The lowest BCUT2D eigenvalue weighted by Gasteiger charge is -2.00. The molecule has 0 amide bonds. The number of anilines is 1. The van der Waals surface area contributed by atoms with Crippen molar-refractivity contribution in [3.63, 3.8) is 0 Å². The number of nitrogens with one attached hydrogen (secondary N) is 1. The maximum Gasteiger partial charge on any atom is 0.353 e. The van der Waals surface area contributed by atoms with Crippen LogP contribution in [0.5, 0.6) is 0 Å². The predicted molar refractivity (Wildman–Crippen MR) is 53.0 cm³/mol. The number of carbonyl (C=O) groups excluding carboxylic acids is 1. The molecule has 5 nitrogen and oxygen atoms in total. The van der Waals surface area contributed by atoms with Gasteiger partial charge >= 0.3 is 5.97 Å². The molecule has 0 aromatic carbocycles. The fraction of sp³-hybridized carbons (Fsp3) is 0.222. The number of hydrogen-bond acceptors (Lipinski definition) is 5. The van der Waals surface area contributed by atoms with Crippen molar-refractivity contribution in [1.29, 1.82) is 0 Å². The lowest BCUT2D eigenvalue weighted by atomic mass is 10.4. The molecule has 0 atom stereocenters. The maximum atomic E-state index is 10.9. The Morgan fingerprint density at radius 3 is 2.93 bits per heavy atom. The number of pyridine rings is 1. The second-order valence-electron chi connectivity index (χ2n) is 2.52. The van der Waals surface area contributed by atoms with E-state index in [4.69, 9.17) is 0 Å². The third-order valence-corrected chi connectivity index (χ3v) is 1.48. The highest BCUT2D eigenvalue weighted by Crippen LogP contribution is 1.99. The van der Waals surface area contributed by atoms with E-state index in [1.165, 1.54) is 7.11 Å².